The van der Waals surface area contributed by atoms with E-state index in [0.717, 1.165) is 12.1 Å². The maximum atomic E-state index is 14.4. The van der Waals surface area contributed by atoms with Gasteiger partial charge in [-0.2, -0.15) is 13.2 Å². The van der Waals surface area contributed by atoms with Crippen molar-refractivity contribution in [1.82, 2.24) is 25.0 Å². The number of pyridine rings is 1. The minimum atomic E-state index is -4.44. The van der Waals surface area contributed by atoms with Crippen LogP contribution in [-0.4, -0.2) is 102 Å². The predicted octanol–water partition coefficient (Wildman–Crippen LogP) is 2.98. The third kappa shape index (κ3) is 6.82. The van der Waals surface area contributed by atoms with Crippen LogP contribution in [0, 0.1) is 5.82 Å². The molecule has 14 heteroatoms. The van der Waals surface area contributed by atoms with Gasteiger partial charge in [0.05, 0.1) is 29.3 Å². The standard InChI is InChI=1S/C32H31F4N5O5/c33-25-6-2-1-4-23(25)31(44)40-12-13-41-22(15-40)18-46-30-24(5-3-11-37-30)29(43)38-26-16-39(17-27(26)45-19-28(41)42)14-20-7-9-21(10-8-20)32(34,35)36/h1-11,22,26-27H,12-19H2,(H,38,43)/t22-,26+,27-/m0/s1. The first-order chi connectivity index (χ1) is 22.1. The molecule has 0 saturated carbocycles. The van der Waals surface area contributed by atoms with E-state index in [2.05, 4.69) is 10.3 Å². The molecule has 3 atom stereocenters. The second kappa shape index (κ2) is 13.0. The Bertz CT molecular complexity index is 1600. The first-order valence-electron chi connectivity index (χ1n) is 14.8. The van der Waals surface area contributed by atoms with Gasteiger partial charge >= 0.3 is 6.18 Å². The maximum absolute atomic E-state index is 14.4. The van der Waals surface area contributed by atoms with Gasteiger partial charge in [0.1, 0.15) is 24.6 Å². The van der Waals surface area contributed by atoms with Gasteiger partial charge in [0.25, 0.3) is 11.8 Å². The number of hydrogen-bond acceptors (Lipinski definition) is 7. The highest BCUT2D eigenvalue weighted by Crippen LogP contribution is 2.30. The Morgan fingerprint density at radius 2 is 1.76 bits per heavy atom. The number of alkyl halides is 3. The minimum absolute atomic E-state index is 0.0428. The summed E-state index contributed by atoms with van der Waals surface area (Å²) in [4.78, 5) is 49.3. The molecule has 0 spiro atoms. The number of ether oxygens (including phenoxy) is 2. The van der Waals surface area contributed by atoms with Crippen LogP contribution < -0.4 is 10.1 Å². The largest absolute Gasteiger partial charge is 0.475 e. The third-order valence-electron chi connectivity index (χ3n) is 8.39. The summed E-state index contributed by atoms with van der Waals surface area (Å²) in [5, 5.41) is 2.95. The second-order valence-electron chi connectivity index (χ2n) is 11.5. The molecular weight excluding hydrogens is 610 g/mol. The summed E-state index contributed by atoms with van der Waals surface area (Å²) < 4.78 is 65.6. The zero-order valence-electron chi connectivity index (χ0n) is 24.6. The van der Waals surface area contributed by atoms with Gasteiger partial charge in [0.15, 0.2) is 0 Å². The number of fused-ring (bicyclic) bond motifs is 3. The van der Waals surface area contributed by atoms with Crippen molar-refractivity contribution in [3.8, 4) is 5.88 Å². The van der Waals surface area contributed by atoms with Crippen LogP contribution in [0.2, 0.25) is 0 Å². The van der Waals surface area contributed by atoms with Gasteiger partial charge in [-0.25, -0.2) is 9.37 Å². The Morgan fingerprint density at radius 1 is 0.978 bits per heavy atom. The normalized spacial score (nSPS) is 22.7. The molecule has 3 aliphatic rings. The average Bonchev–Trinajstić information content (AvgIpc) is 3.42. The van der Waals surface area contributed by atoms with Crippen LogP contribution in [0.5, 0.6) is 5.88 Å². The number of halogens is 4. The van der Waals surface area contributed by atoms with Crippen LogP contribution >= 0.6 is 0 Å². The number of nitrogens with one attached hydrogen (secondary N) is 1. The quantitative estimate of drug-likeness (QED) is 0.439. The molecule has 3 aliphatic heterocycles. The van der Waals surface area contributed by atoms with E-state index < -0.39 is 47.6 Å². The SMILES string of the molecule is O=C1N[C@@H]2CN(Cc3ccc(C(F)(F)F)cc3)C[C@@H]2OCC(=O)N2CCN(C(=O)c3ccccc3F)C[C@H]2COc2ncccc21. The van der Waals surface area contributed by atoms with Crippen molar-refractivity contribution in [1.29, 1.82) is 0 Å². The number of carbonyl (C=O) groups excluding carboxylic acids is 3. The molecule has 2 saturated heterocycles. The van der Waals surface area contributed by atoms with Gasteiger partial charge < -0.3 is 24.6 Å². The zero-order chi connectivity index (χ0) is 32.4. The molecule has 2 aromatic carbocycles. The number of aromatic nitrogens is 1. The Labute approximate surface area is 261 Å². The van der Waals surface area contributed by atoms with Crippen LogP contribution in [-0.2, 0) is 22.3 Å². The lowest BCUT2D eigenvalue weighted by molar-refractivity contribution is -0.143. The van der Waals surface area contributed by atoms with E-state index in [0.29, 0.717) is 25.2 Å². The molecule has 10 nitrogen and oxygen atoms in total. The summed E-state index contributed by atoms with van der Waals surface area (Å²) in [6, 6.07) is 12.5. The number of piperazine rings is 1. The molecule has 0 aliphatic carbocycles. The molecule has 3 aromatic rings. The van der Waals surface area contributed by atoms with Crippen molar-refractivity contribution in [3.63, 3.8) is 0 Å². The van der Waals surface area contributed by atoms with Crippen molar-refractivity contribution >= 4 is 17.7 Å². The Hall–Kier alpha value is -4.56. The highest BCUT2D eigenvalue weighted by Gasteiger charge is 2.39. The fourth-order valence-corrected chi connectivity index (χ4v) is 6.02. The summed E-state index contributed by atoms with van der Waals surface area (Å²) in [7, 11) is 0. The number of carbonyl (C=O) groups is 3. The Balaban J connectivity index is 1.21. The Morgan fingerprint density at radius 3 is 2.52 bits per heavy atom. The van der Waals surface area contributed by atoms with E-state index in [1.165, 1.54) is 41.4 Å². The number of benzene rings is 2. The van der Waals surface area contributed by atoms with Crippen LogP contribution in [0.1, 0.15) is 31.8 Å². The van der Waals surface area contributed by atoms with Gasteiger partial charge in [0.2, 0.25) is 11.8 Å². The van der Waals surface area contributed by atoms with E-state index in [-0.39, 0.29) is 55.8 Å². The number of nitrogens with zero attached hydrogens (tertiary/aromatic N) is 4. The highest BCUT2D eigenvalue weighted by molar-refractivity contribution is 5.96. The number of rotatable bonds is 3. The number of amides is 3. The topological polar surface area (TPSA) is 104 Å². The average molecular weight is 642 g/mol. The summed E-state index contributed by atoms with van der Waals surface area (Å²) in [5.74, 6) is -1.93. The van der Waals surface area contributed by atoms with Crippen LogP contribution in [0.25, 0.3) is 0 Å². The van der Waals surface area contributed by atoms with Gasteiger partial charge in [0, 0.05) is 45.5 Å². The van der Waals surface area contributed by atoms with E-state index >= 15 is 0 Å². The smallest absolute Gasteiger partial charge is 0.416 e. The Kier molecular flexibility index (Phi) is 8.91. The van der Waals surface area contributed by atoms with Crippen LogP contribution in [0.15, 0.2) is 66.9 Å². The van der Waals surface area contributed by atoms with Gasteiger partial charge in [-0.3, -0.25) is 19.3 Å². The lowest BCUT2D eigenvalue weighted by atomic mass is 10.1. The van der Waals surface area contributed by atoms with Gasteiger partial charge in [-0.05, 0) is 42.0 Å². The van der Waals surface area contributed by atoms with E-state index in [1.54, 1.807) is 23.1 Å². The first kappa shape index (κ1) is 31.4. The van der Waals surface area contributed by atoms with Crippen molar-refractivity contribution in [2.24, 2.45) is 0 Å². The summed E-state index contributed by atoms with van der Waals surface area (Å²) in [6.07, 6.45) is -3.58. The monoisotopic (exact) mass is 641 g/mol. The van der Waals surface area contributed by atoms with E-state index in [1.807, 2.05) is 4.90 Å². The first-order valence-corrected chi connectivity index (χ1v) is 14.8. The molecule has 0 unspecified atom stereocenters. The molecule has 242 valence electrons. The molecule has 1 aromatic heterocycles. The lowest BCUT2D eigenvalue weighted by Gasteiger charge is -2.41. The molecule has 1 N–H and O–H groups in total. The molecule has 46 heavy (non-hydrogen) atoms. The molecule has 6 rings (SSSR count). The zero-order valence-corrected chi connectivity index (χ0v) is 24.6. The molecular formula is C32H31F4N5O5. The van der Waals surface area contributed by atoms with E-state index in [4.69, 9.17) is 9.47 Å². The van der Waals surface area contributed by atoms with Crippen molar-refractivity contribution < 1.29 is 41.4 Å². The number of likely N-dealkylation sites (tertiary alicyclic amines) is 1. The van der Waals surface area contributed by atoms with Gasteiger partial charge in [-0.1, -0.05) is 24.3 Å². The summed E-state index contributed by atoms with van der Waals surface area (Å²) in [6.45, 7) is 0.908. The fraction of sp³-hybridized carbons (Fsp3) is 0.375. The van der Waals surface area contributed by atoms with E-state index in [9.17, 15) is 31.9 Å². The predicted molar refractivity (Wildman–Crippen MR) is 155 cm³/mol. The van der Waals surface area contributed by atoms with Crippen molar-refractivity contribution in [3.05, 3.63) is 94.9 Å². The minimum Gasteiger partial charge on any atom is -0.475 e. The van der Waals surface area contributed by atoms with Crippen LogP contribution in [0.3, 0.4) is 0 Å². The van der Waals surface area contributed by atoms with Gasteiger partial charge in [-0.15, -0.1) is 0 Å². The molecule has 0 radical (unpaired) electrons. The molecule has 3 amide bonds. The van der Waals surface area contributed by atoms with Crippen molar-refractivity contribution in [2.75, 3.05) is 45.9 Å². The number of hydrogen-bond donors (Lipinski definition) is 1. The highest BCUT2D eigenvalue weighted by atomic mass is 19.4. The molecule has 2 fully saturated rings. The molecule has 4 heterocycles. The fourth-order valence-electron chi connectivity index (χ4n) is 6.02. The van der Waals surface area contributed by atoms with Crippen LogP contribution in [0.4, 0.5) is 17.6 Å². The van der Waals surface area contributed by atoms with Crippen molar-refractivity contribution in [2.45, 2.75) is 30.9 Å². The second-order valence-corrected chi connectivity index (χ2v) is 11.5. The summed E-state index contributed by atoms with van der Waals surface area (Å²) in [5.41, 5.74) is -0.00497. The third-order valence-corrected chi connectivity index (χ3v) is 8.39. The lowest BCUT2D eigenvalue weighted by Crippen LogP contribution is -2.59. The molecule has 0 bridgehead atoms. The maximum Gasteiger partial charge on any atom is 0.416 e. The summed E-state index contributed by atoms with van der Waals surface area (Å²) >= 11 is 0.